The first-order chi connectivity index (χ1) is 12.5. The number of nitrogens with one attached hydrogen (secondary N) is 1. The lowest BCUT2D eigenvalue weighted by Crippen LogP contribution is -2.14. The van der Waals surface area contributed by atoms with Crippen molar-refractivity contribution in [3.05, 3.63) is 59.9 Å². The Kier molecular flexibility index (Phi) is 5.02. The van der Waals surface area contributed by atoms with Crippen LogP contribution in [0, 0.1) is 5.82 Å². The van der Waals surface area contributed by atoms with Crippen LogP contribution in [0.15, 0.2) is 48.5 Å². The van der Waals surface area contributed by atoms with Crippen LogP contribution in [0.2, 0.25) is 0 Å². The lowest BCUT2D eigenvalue weighted by atomic mass is 10.1. The van der Waals surface area contributed by atoms with Gasteiger partial charge in [-0.05, 0) is 48.0 Å². The SMILES string of the molecule is COc1ccc(CC(=O)Nc2ccc3nc(N(C)C)ccc3c2)cc1F. The quantitative estimate of drug-likeness (QED) is 0.761. The molecule has 0 atom stereocenters. The molecule has 134 valence electrons. The maximum absolute atomic E-state index is 13.7. The third kappa shape index (κ3) is 3.91. The number of nitrogens with zero attached hydrogens (tertiary/aromatic N) is 2. The maximum atomic E-state index is 13.7. The number of carbonyl (C=O) groups is 1. The predicted molar refractivity (Wildman–Crippen MR) is 101 cm³/mol. The number of rotatable bonds is 5. The molecule has 0 bridgehead atoms. The molecule has 0 spiro atoms. The van der Waals surface area contributed by atoms with Crippen LogP contribution in [-0.4, -0.2) is 32.1 Å². The monoisotopic (exact) mass is 353 g/mol. The van der Waals surface area contributed by atoms with Crippen molar-refractivity contribution in [3.63, 3.8) is 0 Å². The van der Waals surface area contributed by atoms with Gasteiger partial charge in [-0.2, -0.15) is 0 Å². The van der Waals surface area contributed by atoms with Crippen molar-refractivity contribution < 1.29 is 13.9 Å². The zero-order valence-electron chi connectivity index (χ0n) is 14.9. The smallest absolute Gasteiger partial charge is 0.228 e. The first-order valence-electron chi connectivity index (χ1n) is 8.16. The molecular weight excluding hydrogens is 333 g/mol. The first-order valence-corrected chi connectivity index (χ1v) is 8.16. The number of pyridine rings is 1. The molecule has 0 aliphatic carbocycles. The molecule has 1 aromatic heterocycles. The second-order valence-corrected chi connectivity index (χ2v) is 6.17. The second kappa shape index (κ2) is 7.39. The van der Waals surface area contributed by atoms with Gasteiger partial charge in [0.1, 0.15) is 5.82 Å². The van der Waals surface area contributed by atoms with Crippen LogP contribution in [0.1, 0.15) is 5.56 Å². The molecule has 2 aromatic carbocycles. The fraction of sp³-hybridized carbons (Fsp3) is 0.200. The number of hydrogen-bond acceptors (Lipinski definition) is 4. The van der Waals surface area contributed by atoms with Crippen LogP contribution in [0.3, 0.4) is 0 Å². The van der Waals surface area contributed by atoms with Crippen LogP contribution in [0.25, 0.3) is 10.9 Å². The third-order valence-electron chi connectivity index (χ3n) is 4.00. The molecule has 5 nitrogen and oxygen atoms in total. The van der Waals surface area contributed by atoms with Gasteiger partial charge in [0.2, 0.25) is 5.91 Å². The third-order valence-corrected chi connectivity index (χ3v) is 4.00. The van der Waals surface area contributed by atoms with Gasteiger partial charge in [0.05, 0.1) is 19.0 Å². The maximum Gasteiger partial charge on any atom is 0.228 e. The molecule has 1 heterocycles. The highest BCUT2D eigenvalue weighted by atomic mass is 19.1. The van der Waals surface area contributed by atoms with Gasteiger partial charge in [-0.15, -0.1) is 0 Å². The normalized spacial score (nSPS) is 10.6. The molecule has 0 fully saturated rings. The van der Waals surface area contributed by atoms with Crippen molar-refractivity contribution in [2.75, 3.05) is 31.4 Å². The number of benzene rings is 2. The Morgan fingerprint density at radius 3 is 2.65 bits per heavy atom. The number of halogens is 1. The predicted octanol–water partition coefficient (Wildman–Crippen LogP) is 3.63. The van der Waals surface area contributed by atoms with Gasteiger partial charge in [0.15, 0.2) is 11.6 Å². The van der Waals surface area contributed by atoms with Crippen LogP contribution < -0.4 is 15.0 Å². The molecule has 0 aliphatic rings. The topological polar surface area (TPSA) is 54.5 Å². The number of aromatic nitrogens is 1. The Bertz CT molecular complexity index is 957. The van der Waals surface area contributed by atoms with E-state index in [1.165, 1.54) is 19.2 Å². The number of anilines is 2. The zero-order valence-corrected chi connectivity index (χ0v) is 14.9. The summed E-state index contributed by atoms with van der Waals surface area (Å²) in [5.41, 5.74) is 2.11. The minimum Gasteiger partial charge on any atom is -0.494 e. The summed E-state index contributed by atoms with van der Waals surface area (Å²) in [6.07, 6.45) is 0.0801. The molecule has 0 aliphatic heterocycles. The van der Waals surface area contributed by atoms with Crippen molar-refractivity contribution in [1.82, 2.24) is 4.98 Å². The lowest BCUT2D eigenvalue weighted by Gasteiger charge is -2.12. The lowest BCUT2D eigenvalue weighted by molar-refractivity contribution is -0.115. The van der Waals surface area contributed by atoms with E-state index >= 15 is 0 Å². The molecular formula is C20H20FN3O2. The van der Waals surface area contributed by atoms with Crippen molar-refractivity contribution in [3.8, 4) is 5.75 Å². The van der Waals surface area contributed by atoms with Gasteiger partial charge in [-0.25, -0.2) is 9.37 Å². The van der Waals surface area contributed by atoms with E-state index in [-0.39, 0.29) is 18.1 Å². The molecule has 0 radical (unpaired) electrons. The number of ether oxygens (including phenoxy) is 1. The molecule has 6 heteroatoms. The fourth-order valence-electron chi connectivity index (χ4n) is 2.65. The van der Waals surface area contributed by atoms with E-state index in [1.54, 1.807) is 12.1 Å². The Balaban J connectivity index is 1.72. The molecule has 1 N–H and O–H groups in total. The van der Waals surface area contributed by atoms with Crippen molar-refractivity contribution in [1.29, 1.82) is 0 Å². The Morgan fingerprint density at radius 2 is 1.96 bits per heavy atom. The largest absolute Gasteiger partial charge is 0.494 e. The summed E-state index contributed by atoms with van der Waals surface area (Å²) < 4.78 is 18.6. The molecule has 0 unspecified atom stereocenters. The van der Waals surface area contributed by atoms with E-state index in [0.29, 0.717) is 11.3 Å². The Morgan fingerprint density at radius 1 is 1.15 bits per heavy atom. The average Bonchev–Trinajstić information content (AvgIpc) is 2.61. The Hall–Kier alpha value is -3.15. The van der Waals surface area contributed by atoms with E-state index in [1.807, 2.05) is 43.3 Å². The molecule has 26 heavy (non-hydrogen) atoms. The van der Waals surface area contributed by atoms with Crippen molar-refractivity contribution >= 4 is 28.3 Å². The summed E-state index contributed by atoms with van der Waals surface area (Å²) in [7, 11) is 5.27. The highest BCUT2D eigenvalue weighted by molar-refractivity contribution is 5.95. The van der Waals surface area contributed by atoms with E-state index in [9.17, 15) is 9.18 Å². The van der Waals surface area contributed by atoms with Gasteiger partial charge in [-0.1, -0.05) is 6.07 Å². The van der Waals surface area contributed by atoms with Crippen LogP contribution in [0.5, 0.6) is 5.75 Å². The summed E-state index contributed by atoms with van der Waals surface area (Å²) in [6, 6.07) is 13.9. The number of methoxy groups -OCH3 is 1. The fourth-order valence-corrected chi connectivity index (χ4v) is 2.65. The van der Waals surface area contributed by atoms with Crippen molar-refractivity contribution in [2.45, 2.75) is 6.42 Å². The van der Waals surface area contributed by atoms with Crippen LogP contribution in [0.4, 0.5) is 15.9 Å². The summed E-state index contributed by atoms with van der Waals surface area (Å²) in [4.78, 5) is 18.7. The minimum atomic E-state index is -0.480. The van der Waals surface area contributed by atoms with E-state index < -0.39 is 5.82 Å². The highest BCUT2D eigenvalue weighted by Gasteiger charge is 2.09. The number of carbonyl (C=O) groups excluding carboxylic acids is 1. The highest BCUT2D eigenvalue weighted by Crippen LogP contribution is 2.21. The standard InChI is InChI=1S/C20H20FN3O2/c1-24(2)19-9-5-14-12-15(6-7-17(14)23-19)22-20(25)11-13-4-8-18(26-3)16(21)10-13/h4-10,12H,11H2,1-3H3,(H,22,25). The summed E-state index contributed by atoms with van der Waals surface area (Å²) in [6.45, 7) is 0. The molecule has 0 saturated carbocycles. The molecule has 3 rings (SSSR count). The molecule has 0 saturated heterocycles. The number of amides is 1. The van der Waals surface area contributed by atoms with E-state index in [0.717, 1.165) is 16.7 Å². The summed E-state index contributed by atoms with van der Waals surface area (Å²) in [5, 5.41) is 3.77. The van der Waals surface area contributed by atoms with Gasteiger partial charge in [0.25, 0.3) is 0 Å². The van der Waals surface area contributed by atoms with Gasteiger partial charge < -0.3 is 15.0 Å². The summed E-state index contributed by atoms with van der Waals surface area (Å²) >= 11 is 0. The van der Waals surface area contributed by atoms with Crippen LogP contribution in [-0.2, 0) is 11.2 Å². The number of fused-ring (bicyclic) bond motifs is 1. The summed E-state index contributed by atoms with van der Waals surface area (Å²) in [5.74, 6) is 0.335. The van der Waals surface area contributed by atoms with Crippen molar-refractivity contribution in [2.24, 2.45) is 0 Å². The number of hydrogen-bond donors (Lipinski definition) is 1. The van der Waals surface area contributed by atoms with Gasteiger partial charge in [0, 0.05) is 25.2 Å². The van der Waals surface area contributed by atoms with Gasteiger partial charge >= 0.3 is 0 Å². The van der Waals surface area contributed by atoms with Gasteiger partial charge in [-0.3, -0.25) is 4.79 Å². The second-order valence-electron chi connectivity index (χ2n) is 6.17. The first kappa shape index (κ1) is 17.7. The van der Waals surface area contributed by atoms with E-state index in [4.69, 9.17) is 4.74 Å². The Labute approximate surface area is 151 Å². The van der Waals surface area contributed by atoms with Crippen LogP contribution >= 0.6 is 0 Å². The average molecular weight is 353 g/mol. The minimum absolute atomic E-state index is 0.0801. The molecule has 1 amide bonds. The molecule has 3 aromatic rings. The zero-order chi connectivity index (χ0) is 18.7. The van der Waals surface area contributed by atoms with E-state index in [2.05, 4.69) is 10.3 Å².